The minimum absolute atomic E-state index is 0.455. The summed E-state index contributed by atoms with van der Waals surface area (Å²) in [6.07, 6.45) is 0. The summed E-state index contributed by atoms with van der Waals surface area (Å²) in [5, 5.41) is 0. The van der Waals surface area contributed by atoms with Crippen molar-refractivity contribution in [2.45, 2.75) is 6.61 Å². The van der Waals surface area contributed by atoms with E-state index in [0.717, 1.165) is 26.0 Å². The number of benzene rings is 1. The first-order valence-electron chi connectivity index (χ1n) is 5.15. The van der Waals surface area contributed by atoms with Crippen molar-refractivity contribution in [3.05, 3.63) is 43.5 Å². The normalized spacial score (nSPS) is 10.6. The summed E-state index contributed by atoms with van der Waals surface area (Å²) in [6.45, 7) is 0.455. The number of aromatic amines is 1. The highest BCUT2D eigenvalue weighted by Gasteiger charge is 2.07. The second kappa shape index (κ2) is 6.06. The van der Waals surface area contributed by atoms with Crippen LogP contribution >= 0.6 is 44.1 Å². The van der Waals surface area contributed by atoms with Crippen LogP contribution in [0.15, 0.2) is 33.2 Å². The maximum Gasteiger partial charge on any atom is 0.144 e. The predicted octanol–water partition coefficient (Wildman–Crippen LogP) is 4.48. The van der Waals surface area contributed by atoms with E-state index in [2.05, 4.69) is 41.8 Å². The van der Waals surface area contributed by atoms with Gasteiger partial charge in [-0.1, -0.05) is 40.3 Å². The van der Waals surface area contributed by atoms with Crippen LogP contribution in [0, 0.1) is 4.64 Å². The van der Waals surface area contributed by atoms with Gasteiger partial charge < -0.3 is 9.72 Å². The van der Waals surface area contributed by atoms with Crippen LogP contribution in [0.25, 0.3) is 11.4 Å². The maximum atomic E-state index is 5.23. The third kappa shape index (κ3) is 3.06. The van der Waals surface area contributed by atoms with Crippen LogP contribution in [0.3, 0.4) is 0 Å². The Morgan fingerprint density at radius 2 is 1.94 bits per heavy atom. The summed E-state index contributed by atoms with van der Waals surface area (Å²) in [4.78, 5) is 7.58. The second-order valence-electron chi connectivity index (χ2n) is 3.62. The van der Waals surface area contributed by atoms with Crippen LogP contribution in [-0.2, 0) is 11.3 Å². The SMILES string of the molecule is COCc1[nH]c(-c2ccc(Br)cc2)nc(=S)c1Br. The number of hydrogen-bond donors (Lipinski definition) is 1. The lowest BCUT2D eigenvalue weighted by Crippen LogP contribution is -1.99. The molecule has 2 aromatic rings. The van der Waals surface area contributed by atoms with Crippen LogP contribution in [0.5, 0.6) is 0 Å². The molecule has 94 valence electrons. The summed E-state index contributed by atoms with van der Waals surface area (Å²) in [5.74, 6) is 0.739. The molecule has 18 heavy (non-hydrogen) atoms. The Balaban J connectivity index is 2.51. The minimum Gasteiger partial charge on any atom is -0.378 e. The monoisotopic (exact) mass is 388 g/mol. The Labute approximate surface area is 127 Å². The minimum atomic E-state index is 0.455. The van der Waals surface area contributed by atoms with Gasteiger partial charge in [0.2, 0.25) is 0 Å². The molecule has 0 amide bonds. The van der Waals surface area contributed by atoms with Gasteiger partial charge in [0.15, 0.2) is 0 Å². The van der Waals surface area contributed by atoms with E-state index in [1.54, 1.807) is 7.11 Å². The molecule has 0 aliphatic rings. The molecule has 0 saturated carbocycles. The molecule has 0 spiro atoms. The van der Waals surface area contributed by atoms with Crippen LogP contribution in [0.2, 0.25) is 0 Å². The first kappa shape index (κ1) is 13.9. The van der Waals surface area contributed by atoms with Crippen LogP contribution < -0.4 is 0 Å². The number of methoxy groups -OCH3 is 1. The third-order valence-corrected chi connectivity index (χ3v) is 4.28. The fourth-order valence-corrected chi connectivity index (χ4v) is 2.27. The second-order valence-corrected chi connectivity index (χ2v) is 5.72. The Hall–Kier alpha value is -0.560. The van der Waals surface area contributed by atoms with Gasteiger partial charge in [-0.15, -0.1) is 0 Å². The highest BCUT2D eigenvalue weighted by molar-refractivity contribution is 9.10. The maximum absolute atomic E-state index is 5.23. The lowest BCUT2D eigenvalue weighted by Gasteiger charge is -2.08. The lowest BCUT2D eigenvalue weighted by atomic mass is 10.2. The zero-order chi connectivity index (χ0) is 13.1. The molecule has 0 bridgehead atoms. The van der Waals surface area contributed by atoms with Gasteiger partial charge >= 0.3 is 0 Å². The molecule has 0 radical (unpaired) electrons. The number of H-pyrrole nitrogens is 1. The zero-order valence-electron chi connectivity index (χ0n) is 9.54. The first-order chi connectivity index (χ1) is 8.61. The molecule has 1 aromatic heterocycles. The third-order valence-electron chi connectivity index (χ3n) is 2.34. The van der Waals surface area contributed by atoms with E-state index >= 15 is 0 Å². The van der Waals surface area contributed by atoms with E-state index in [1.165, 1.54) is 0 Å². The van der Waals surface area contributed by atoms with E-state index < -0.39 is 0 Å². The van der Waals surface area contributed by atoms with Gasteiger partial charge in [-0.25, -0.2) is 4.98 Å². The molecular weight excluding hydrogens is 380 g/mol. The quantitative estimate of drug-likeness (QED) is 0.786. The fraction of sp³-hybridized carbons (Fsp3) is 0.167. The first-order valence-corrected chi connectivity index (χ1v) is 7.15. The van der Waals surface area contributed by atoms with Crippen LogP contribution in [-0.4, -0.2) is 17.1 Å². The standard InChI is InChI=1S/C12H10Br2N2OS/c1-17-6-9-10(14)12(18)16-11(15-9)7-2-4-8(13)5-3-7/h2-5H,6H2,1H3,(H,15,16,18). The number of rotatable bonds is 3. The average molecular weight is 390 g/mol. The van der Waals surface area contributed by atoms with Gasteiger partial charge in [-0.05, 0) is 28.1 Å². The van der Waals surface area contributed by atoms with Crippen LogP contribution in [0.1, 0.15) is 5.69 Å². The van der Waals surface area contributed by atoms with Crippen molar-refractivity contribution in [3.63, 3.8) is 0 Å². The van der Waals surface area contributed by atoms with E-state index in [-0.39, 0.29) is 0 Å². The zero-order valence-corrected chi connectivity index (χ0v) is 13.5. The van der Waals surface area contributed by atoms with Crippen molar-refractivity contribution in [3.8, 4) is 11.4 Å². The van der Waals surface area contributed by atoms with Crippen molar-refractivity contribution in [1.29, 1.82) is 0 Å². The number of halogens is 2. The number of hydrogen-bond acceptors (Lipinski definition) is 3. The molecule has 1 aromatic carbocycles. The summed E-state index contributed by atoms with van der Waals surface area (Å²) >= 11 is 12.0. The molecule has 3 nitrogen and oxygen atoms in total. The van der Waals surface area contributed by atoms with Crippen molar-refractivity contribution < 1.29 is 4.74 Å². The molecule has 0 unspecified atom stereocenters. The topological polar surface area (TPSA) is 37.9 Å². The molecule has 0 atom stereocenters. The van der Waals surface area contributed by atoms with Gasteiger partial charge in [0.1, 0.15) is 10.5 Å². The summed E-state index contributed by atoms with van der Waals surface area (Å²) in [6, 6.07) is 7.88. The predicted molar refractivity (Wildman–Crippen MR) is 81.0 cm³/mol. The van der Waals surface area contributed by atoms with Gasteiger partial charge in [0.25, 0.3) is 0 Å². The lowest BCUT2D eigenvalue weighted by molar-refractivity contribution is 0.181. The van der Waals surface area contributed by atoms with E-state index in [4.69, 9.17) is 17.0 Å². The molecule has 6 heteroatoms. The average Bonchev–Trinajstić information content (AvgIpc) is 2.36. The molecule has 0 fully saturated rings. The molecule has 1 heterocycles. The van der Waals surface area contributed by atoms with Crippen molar-refractivity contribution in [2.75, 3.05) is 7.11 Å². The van der Waals surface area contributed by atoms with Crippen molar-refractivity contribution in [2.24, 2.45) is 0 Å². The van der Waals surface area contributed by atoms with E-state index in [9.17, 15) is 0 Å². The number of nitrogens with one attached hydrogen (secondary N) is 1. The van der Waals surface area contributed by atoms with Crippen molar-refractivity contribution >= 4 is 44.1 Å². The molecule has 2 rings (SSSR count). The Morgan fingerprint density at radius 1 is 1.28 bits per heavy atom. The van der Waals surface area contributed by atoms with Gasteiger partial charge in [0.05, 0.1) is 16.8 Å². The van der Waals surface area contributed by atoms with E-state index in [1.807, 2.05) is 24.3 Å². The van der Waals surface area contributed by atoms with Crippen LogP contribution in [0.4, 0.5) is 0 Å². The Morgan fingerprint density at radius 3 is 2.56 bits per heavy atom. The Kier molecular flexibility index (Phi) is 4.66. The summed E-state index contributed by atoms with van der Waals surface area (Å²) in [5.41, 5.74) is 1.87. The molecule has 0 aliphatic carbocycles. The molecular formula is C12H10Br2N2OS. The van der Waals surface area contributed by atoms with Gasteiger partial charge in [0, 0.05) is 17.1 Å². The highest BCUT2D eigenvalue weighted by Crippen LogP contribution is 2.23. The van der Waals surface area contributed by atoms with Gasteiger partial charge in [-0.3, -0.25) is 0 Å². The highest BCUT2D eigenvalue weighted by atomic mass is 79.9. The Bertz CT molecular complexity index is 610. The van der Waals surface area contributed by atoms with Gasteiger partial charge in [-0.2, -0.15) is 0 Å². The summed E-state index contributed by atoms with van der Waals surface area (Å²) < 4.78 is 7.46. The molecule has 0 aliphatic heterocycles. The van der Waals surface area contributed by atoms with Crippen molar-refractivity contribution in [1.82, 2.24) is 9.97 Å². The number of nitrogens with zero attached hydrogens (tertiary/aromatic N) is 1. The number of ether oxygens (including phenoxy) is 1. The molecule has 1 N–H and O–H groups in total. The summed E-state index contributed by atoms with van der Waals surface area (Å²) in [7, 11) is 1.64. The smallest absolute Gasteiger partial charge is 0.144 e. The van der Waals surface area contributed by atoms with E-state index in [0.29, 0.717) is 11.2 Å². The molecule has 0 saturated heterocycles. The largest absolute Gasteiger partial charge is 0.378 e. The number of aromatic nitrogens is 2. The fourth-order valence-electron chi connectivity index (χ4n) is 1.49.